The predicted molar refractivity (Wildman–Crippen MR) is 95.7 cm³/mol. The van der Waals surface area contributed by atoms with Crippen molar-refractivity contribution in [1.29, 1.82) is 0 Å². The van der Waals surface area contributed by atoms with E-state index in [4.69, 9.17) is 46.4 Å². The van der Waals surface area contributed by atoms with Crippen LogP contribution in [0.2, 0.25) is 59.4 Å². The van der Waals surface area contributed by atoms with Gasteiger partial charge in [-0.2, -0.15) is 0 Å². The highest BCUT2D eigenvalue weighted by Crippen LogP contribution is 2.46. The molecule has 0 radical (unpaired) electrons. The van der Waals surface area contributed by atoms with E-state index in [1.807, 2.05) is 0 Å². The first kappa shape index (κ1) is 17.7. The Bertz CT molecular complexity index is 452. The molecule has 0 atom stereocenters. The Labute approximate surface area is 138 Å². The molecule has 1 aromatic rings. The molecule has 1 aromatic carbocycles. The number of anilines is 1. The number of hydrogen-bond donors (Lipinski definition) is 0. The number of benzene rings is 1. The Morgan fingerprint density at radius 3 is 1.32 bits per heavy atom. The second-order valence-electron chi connectivity index (χ2n) is 6.49. The standard InChI is InChI=1S/C12H19Cl4NSi2/c1-18(2,3)17(19(4,5)6)12-10(15)8(13)7-9(14)11(12)16/h7H,1-6H3. The molecule has 0 N–H and O–H groups in total. The van der Waals surface area contributed by atoms with Crippen molar-refractivity contribution in [3.63, 3.8) is 0 Å². The van der Waals surface area contributed by atoms with Crippen LogP contribution in [0.3, 0.4) is 0 Å². The first-order valence-corrected chi connectivity index (χ1v) is 14.4. The molecule has 0 aromatic heterocycles. The van der Waals surface area contributed by atoms with Gasteiger partial charge in [-0.1, -0.05) is 85.7 Å². The minimum Gasteiger partial charge on any atom is -0.422 e. The average Bonchev–Trinajstić information content (AvgIpc) is 2.17. The summed E-state index contributed by atoms with van der Waals surface area (Å²) in [6.45, 7) is 13.6. The highest BCUT2D eigenvalue weighted by molar-refractivity contribution is 6.99. The van der Waals surface area contributed by atoms with Crippen molar-refractivity contribution in [2.24, 2.45) is 0 Å². The fourth-order valence-corrected chi connectivity index (χ4v) is 13.5. The number of hydrogen-bond acceptors (Lipinski definition) is 1. The Morgan fingerprint density at radius 2 is 1.05 bits per heavy atom. The van der Waals surface area contributed by atoms with Gasteiger partial charge in [0.05, 0.1) is 25.8 Å². The molecule has 7 heteroatoms. The maximum absolute atomic E-state index is 6.41. The maximum atomic E-state index is 6.41. The van der Waals surface area contributed by atoms with Gasteiger partial charge < -0.3 is 4.23 Å². The molecule has 0 bridgehead atoms. The van der Waals surface area contributed by atoms with Gasteiger partial charge >= 0.3 is 0 Å². The molecule has 0 saturated heterocycles. The Kier molecular flexibility index (Phi) is 5.37. The topological polar surface area (TPSA) is 3.24 Å². The van der Waals surface area contributed by atoms with Gasteiger partial charge in [0.2, 0.25) is 0 Å². The zero-order valence-corrected chi connectivity index (χ0v) is 17.1. The van der Waals surface area contributed by atoms with E-state index in [1.54, 1.807) is 6.07 Å². The lowest BCUT2D eigenvalue weighted by Gasteiger charge is -2.46. The SMILES string of the molecule is C[Si](C)(C)N(c1c(Cl)c(Cl)cc(Cl)c1Cl)[Si](C)(C)C. The summed E-state index contributed by atoms with van der Waals surface area (Å²) in [5.74, 6) is 0. The van der Waals surface area contributed by atoms with Gasteiger partial charge in [-0.25, -0.2) is 0 Å². The van der Waals surface area contributed by atoms with Crippen molar-refractivity contribution in [2.75, 3.05) is 4.23 Å². The largest absolute Gasteiger partial charge is 0.422 e. The minimum absolute atomic E-state index is 0.451. The van der Waals surface area contributed by atoms with Crippen molar-refractivity contribution >= 4 is 68.6 Å². The summed E-state index contributed by atoms with van der Waals surface area (Å²) in [4.78, 5) is 0. The third-order valence-corrected chi connectivity index (χ3v) is 11.4. The quantitative estimate of drug-likeness (QED) is 0.416. The number of halogens is 4. The monoisotopic (exact) mass is 373 g/mol. The summed E-state index contributed by atoms with van der Waals surface area (Å²) in [6, 6.07) is 1.60. The molecule has 0 fully saturated rings. The molecule has 1 nitrogen and oxygen atoms in total. The van der Waals surface area contributed by atoms with Crippen molar-refractivity contribution in [3.05, 3.63) is 26.2 Å². The normalized spacial score (nSPS) is 12.7. The summed E-state index contributed by atoms with van der Waals surface area (Å²) in [5.41, 5.74) is 0.805. The molecule has 0 unspecified atom stereocenters. The van der Waals surface area contributed by atoms with Gasteiger partial charge in [-0.05, 0) is 6.07 Å². The lowest BCUT2D eigenvalue weighted by molar-refractivity contribution is 1.35. The molecule has 0 aliphatic heterocycles. The molecule has 0 spiro atoms. The molecule has 0 saturated carbocycles. The highest BCUT2D eigenvalue weighted by Gasteiger charge is 2.37. The van der Waals surface area contributed by atoms with E-state index in [2.05, 4.69) is 43.5 Å². The Hall–Kier alpha value is 0.614. The van der Waals surface area contributed by atoms with Gasteiger partial charge in [0.15, 0.2) is 0 Å². The van der Waals surface area contributed by atoms with Crippen molar-refractivity contribution < 1.29 is 0 Å². The van der Waals surface area contributed by atoms with Crippen LogP contribution in [-0.2, 0) is 0 Å². The van der Waals surface area contributed by atoms with Crippen LogP contribution < -0.4 is 4.23 Å². The van der Waals surface area contributed by atoms with Gasteiger partial charge in [-0.15, -0.1) is 0 Å². The Balaban J connectivity index is 3.66. The zero-order chi connectivity index (χ0) is 15.2. The second kappa shape index (κ2) is 5.78. The lowest BCUT2D eigenvalue weighted by atomic mass is 10.3. The molecule has 1 rings (SSSR count). The molecule has 0 heterocycles. The van der Waals surface area contributed by atoms with Crippen molar-refractivity contribution in [2.45, 2.75) is 39.3 Å². The fraction of sp³-hybridized carbons (Fsp3) is 0.500. The molecular weight excluding hydrogens is 356 g/mol. The van der Waals surface area contributed by atoms with Crippen LogP contribution >= 0.6 is 46.4 Å². The lowest BCUT2D eigenvalue weighted by Crippen LogP contribution is -2.59. The summed E-state index contributed by atoms with van der Waals surface area (Å²) < 4.78 is 2.42. The highest BCUT2D eigenvalue weighted by atomic mass is 35.5. The first-order valence-electron chi connectivity index (χ1n) is 6.00. The van der Waals surface area contributed by atoms with Crippen molar-refractivity contribution in [1.82, 2.24) is 0 Å². The van der Waals surface area contributed by atoms with Gasteiger partial charge in [0.1, 0.15) is 16.5 Å². The molecule has 19 heavy (non-hydrogen) atoms. The van der Waals surface area contributed by atoms with E-state index < -0.39 is 16.5 Å². The maximum Gasteiger partial charge on any atom is 0.138 e. The smallest absolute Gasteiger partial charge is 0.138 e. The zero-order valence-electron chi connectivity index (χ0n) is 12.0. The molecular formula is C12H19Cl4NSi2. The number of rotatable bonds is 3. The third-order valence-electron chi connectivity index (χ3n) is 2.65. The summed E-state index contributed by atoms with van der Waals surface area (Å²) >= 11 is 25.1. The minimum atomic E-state index is -1.66. The Morgan fingerprint density at radius 1 is 0.737 bits per heavy atom. The van der Waals surface area contributed by atoms with Crippen LogP contribution in [0.25, 0.3) is 0 Å². The summed E-state index contributed by atoms with van der Waals surface area (Å²) in [6.07, 6.45) is 0. The fourth-order valence-electron chi connectivity index (χ4n) is 2.43. The average molecular weight is 375 g/mol. The summed E-state index contributed by atoms with van der Waals surface area (Å²) in [5, 5.41) is 1.90. The van der Waals surface area contributed by atoms with Crippen LogP contribution in [0.5, 0.6) is 0 Å². The molecule has 0 amide bonds. The van der Waals surface area contributed by atoms with Crippen LogP contribution in [0.1, 0.15) is 0 Å². The van der Waals surface area contributed by atoms with E-state index in [-0.39, 0.29) is 0 Å². The van der Waals surface area contributed by atoms with Crippen LogP contribution in [0.4, 0.5) is 5.69 Å². The molecule has 0 aliphatic carbocycles. The summed E-state index contributed by atoms with van der Waals surface area (Å²) in [7, 11) is -3.33. The van der Waals surface area contributed by atoms with Crippen molar-refractivity contribution in [3.8, 4) is 0 Å². The second-order valence-corrected chi connectivity index (χ2v) is 18.1. The van der Waals surface area contributed by atoms with Gasteiger partial charge in [0, 0.05) is 0 Å². The van der Waals surface area contributed by atoms with Gasteiger partial charge in [0.25, 0.3) is 0 Å². The van der Waals surface area contributed by atoms with E-state index in [1.165, 1.54) is 0 Å². The number of nitrogens with zero attached hydrogens (tertiary/aromatic N) is 1. The van der Waals surface area contributed by atoms with E-state index >= 15 is 0 Å². The predicted octanol–water partition coefficient (Wildman–Crippen LogP) is 6.78. The van der Waals surface area contributed by atoms with Gasteiger partial charge in [-0.3, -0.25) is 0 Å². The van der Waals surface area contributed by atoms with E-state index in [9.17, 15) is 0 Å². The van der Waals surface area contributed by atoms with Crippen LogP contribution in [-0.4, -0.2) is 16.5 Å². The van der Waals surface area contributed by atoms with E-state index in [0.29, 0.717) is 20.1 Å². The van der Waals surface area contributed by atoms with Crippen LogP contribution in [0.15, 0.2) is 6.07 Å². The molecule has 0 aliphatic rings. The molecule has 108 valence electrons. The first-order chi connectivity index (χ1) is 8.37. The van der Waals surface area contributed by atoms with E-state index in [0.717, 1.165) is 5.69 Å². The third kappa shape index (κ3) is 3.83. The van der Waals surface area contributed by atoms with Crippen LogP contribution in [0, 0.1) is 0 Å².